The lowest BCUT2D eigenvalue weighted by Crippen LogP contribution is -2.58. The van der Waals surface area contributed by atoms with E-state index in [0.717, 1.165) is 12.8 Å². The molecule has 0 radical (unpaired) electrons. The molecule has 6 nitrogen and oxygen atoms in total. The van der Waals surface area contributed by atoms with E-state index in [1.807, 2.05) is 7.05 Å². The first-order valence-corrected chi connectivity index (χ1v) is 8.55. The van der Waals surface area contributed by atoms with E-state index in [-0.39, 0.29) is 23.5 Å². The van der Waals surface area contributed by atoms with Crippen LogP contribution in [-0.2, 0) is 9.59 Å². The van der Waals surface area contributed by atoms with Gasteiger partial charge in [0, 0.05) is 31.1 Å². The van der Waals surface area contributed by atoms with Crippen LogP contribution in [0.25, 0.3) is 0 Å². The van der Waals surface area contributed by atoms with Crippen LogP contribution in [0.4, 0.5) is 0 Å². The van der Waals surface area contributed by atoms with Crippen LogP contribution in [0.3, 0.4) is 0 Å². The van der Waals surface area contributed by atoms with Crippen LogP contribution in [0.2, 0.25) is 0 Å². The number of rotatable bonds is 5. The number of carbonyl (C=O) groups is 2. The predicted octanol–water partition coefficient (Wildman–Crippen LogP) is 2.25. The Morgan fingerprint density at radius 1 is 1.25 bits per heavy atom. The Labute approximate surface area is 146 Å². The van der Waals surface area contributed by atoms with E-state index in [9.17, 15) is 9.90 Å². The molecule has 1 aliphatic rings. The zero-order valence-corrected chi connectivity index (χ0v) is 16.3. The monoisotopic (exact) mass is 344 g/mol. The molecule has 3 N–H and O–H groups in total. The van der Waals surface area contributed by atoms with Crippen molar-refractivity contribution in [3.05, 3.63) is 0 Å². The van der Waals surface area contributed by atoms with E-state index in [0.29, 0.717) is 25.3 Å². The summed E-state index contributed by atoms with van der Waals surface area (Å²) in [4.78, 5) is 22.5. The van der Waals surface area contributed by atoms with E-state index < -0.39 is 5.60 Å². The third-order valence-corrected chi connectivity index (χ3v) is 4.22. The predicted molar refractivity (Wildman–Crippen MR) is 95.9 cm³/mol. The summed E-state index contributed by atoms with van der Waals surface area (Å²) < 4.78 is 0. The summed E-state index contributed by atoms with van der Waals surface area (Å²) in [5.74, 6) is 0.617. The summed E-state index contributed by atoms with van der Waals surface area (Å²) >= 11 is 0. The quantitative estimate of drug-likeness (QED) is 0.666. The number of piperidine rings is 1. The molecule has 0 aromatic rings. The molecule has 6 heteroatoms. The highest BCUT2D eigenvalue weighted by Crippen LogP contribution is 2.34. The van der Waals surface area contributed by atoms with Gasteiger partial charge in [-0.05, 0) is 66.7 Å². The maximum atomic E-state index is 12.4. The molecular formula is C18H36N2O4. The number of hydrogen-bond acceptors (Lipinski definition) is 4. The number of aliphatic hydroxyl groups is 1. The molecule has 0 aliphatic carbocycles. The first kappa shape index (κ1) is 22.9. The normalized spacial score (nSPS) is 19.8. The molecule has 0 aromatic carbocycles. The minimum Gasteiger partial charge on any atom is -0.483 e. The summed E-state index contributed by atoms with van der Waals surface area (Å²) in [6, 6.07) is 0. The Balaban J connectivity index is 0.00000163. The minimum absolute atomic E-state index is 0.0817. The van der Waals surface area contributed by atoms with Crippen LogP contribution in [0.5, 0.6) is 0 Å². The standard InChI is InChI=1S/C17H34N2O2.CH2O2/c1-15(2)11-13(12-16(3,4)18-15)10-14(20)19(7)9-8-17(5,6)21;2-1-3/h13,18,21H,8-12H2,1-7H3;1H,(H,2,3). The maximum Gasteiger partial charge on any atom is 0.290 e. The van der Waals surface area contributed by atoms with Crippen molar-refractivity contribution in [2.45, 2.75) is 83.9 Å². The number of nitrogens with zero attached hydrogens (tertiary/aromatic N) is 1. The Morgan fingerprint density at radius 3 is 2.04 bits per heavy atom. The average Bonchev–Trinajstić information content (AvgIpc) is 2.31. The van der Waals surface area contributed by atoms with E-state index in [4.69, 9.17) is 9.90 Å². The van der Waals surface area contributed by atoms with Gasteiger partial charge < -0.3 is 20.4 Å². The molecule has 1 saturated heterocycles. The van der Waals surface area contributed by atoms with Gasteiger partial charge in [-0.2, -0.15) is 0 Å². The minimum atomic E-state index is -0.715. The summed E-state index contributed by atoms with van der Waals surface area (Å²) in [6.45, 7) is 12.8. The lowest BCUT2D eigenvalue weighted by atomic mass is 9.74. The second-order valence-electron chi connectivity index (χ2n) is 8.85. The van der Waals surface area contributed by atoms with Crippen molar-refractivity contribution in [2.75, 3.05) is 13.6 Å². The highest BCUT2D eigenvalue weighted by molar-refractivity contribution is 5.76. The molecule has 1 amide bonds. The van der Waals surface area contributed by atoms with Gasteiger partial charge in [0.1, 0.15) is 0 Å². The smallest absolute Gasteiger partial charge is 0.290 e. The molecule has 0 saturated carbocycles. The Bertz CT molecular complexity index is 398. The van der Waals surface area contributed by atoms with Crippen molar-refractivity contribution in [1.82, 2.24) is 10.2 Å². The largest absolute Gasteiger partial charge is 0.483 e. The molecule has 142 valence electrons. The van der Waals surface area contributed by atoms with Gasteiger partial charge in [0.05, 0.1) is 5.60 Å². The fourth-order valence-corrected chi connectivity index (χ4v) is 3.65. The highest BCUT2D eigenvalue weighted by atomic mass is 16.3. The lowest BCUT2D eigenvalue weighted by molar-refractivity contribution is -0.132. The van der Waals surface area contributed by atoms with Crippen LogP contribution >= 0.6 is 0 Å². The molecule has 0 atom stereocenters. The van der Waals surface area contributed by atoms with Gasteiger partial charge >= 0.3 is 0 Å². The molecule has 0 bridgehead atoms. The van der Waals surface area contributed by atoms with E-state index in [1.54, 1.807) is 18.7 Å². The zero-order chi connectivity index (χ0) is 19.2. The second-order valence-corrected chi connectivity index (χ2v) is 8.85. The molecule has 0 spiro atoms. The summed E-state index contributed by atoms with van der Waals surface area (Å²) in [5, 5.41) is 20.3. The average molecular weight is 344 g/mol. The number of hydrogen-bond donors (Lipinski definition) is 3. The molecule has 0 aromatic heterocycles. The Morgan fingerprint density at radius 2 is 1.67 bits per heavy atom. The number of carbonyl (C=O) groups excluding carboxylic acids is 1. The lowest BCUT2D eigenvalue weighted by Gasteiger charge is -2.46. The Kier molecular flexibility index (Phi) is 8.39. The van der Waals surface area contributed by atoms with Crippen LogP contribution in [0.15, 0.2) is 0 Å². The topological polar surface area (TPSA) is 89.9 Å². The highest BCUT2D eigenvalue weighted by Gasteiger charge is 2.38. The molecular weight excluding hydrogens is 308 g/mol. The van der Waals surface area contributed by atoms with E-state index in [1.165, 1.54) is 0 Å². The maximum absolute atomic E-state index is 12.4. The van der Waals surface area contributed by atoms with Crippen molar-refractivity contribution in [2.24, 2.45) is 5.92 Å². The molecule has 24 heavy (non-hydrogen) atoms. The van der Waals surface area contributed by atoms with Gasteiger partial charge in [-0.15, -0.1) is 0 Å². The number of carboxylic acid groups (broad SMARTS) is 1. The van der Waals surface area contributed by atoms with Crippen molar-refractivity contribution in [3.63, 3.8) is 0 Å². The first-order valence-electron chi connectivity index (χ1n) is 8.55. The molecule has 1 fully saturated rings. The van der Waals surface area contributed by atoms with Crippen LogP contribution in [0, 0.1) is 5.92 Å². The third kappa shape index (κ3) is 9.88. The first-order chi connectivity index (χ1) is 10.7. The van der Waals surface area contributed by atoms with Gasteiger partial charge in [0.2, 0.25) is 5.91 Å². The van der Waals surface area contributed by atoms with Crippen LogP contribution < -0.4 is 5.32 Å². The Hall–Kier alpha value is -1.14. The van der Waals surface area contributed by atoms with Crippen LogP contribution in [-0.4, -0.2) is 57.8 Å². The van der Waals surface area contributed by atoms with Crippen molar-refractivity contribution >= 4 is 12.4 Å². The van der Waals surface area contributed by atoms with Gasteiger partial charge in [0.25, 0.3) is 6.47 Å². The summed E-state index contributed by atoms with van der Waals surface area (Å²) in [5.41, 5.74) is -0.552. The number of nitrogens with one attached hydrogen (secondary N) is 1. The van der Waals surface area contributed by atoms with Crippen molar-refractivity contribution in [3.8, 4) is 0 Å². The van der Waals surface area contributed by atoms with Crippen molar-refractivity contribution < 1.29 is 19.8 Å². The molecule has 1 heterocycles. The molecule has 1 aliphatic heterocycles. The van der Waals surface area contributed by atoms with Gasteiger partial charge in [0.15, 0.2) is 0 Å². The summed E-state index contributed by atoms with van der Waals surface area (Å²) in [6.07, 6.45) is 3.28. The zero-order valence-electron chi connectivity index (χ0n) is 16.3. The number of amides is 1. The van der Waals surface area contributed by atoms with Gasteiger partial charge in [-0.1, -0.05) is 0 Å². The van der Waals surface area contributed by atoms with Crippen LogP contribution in [0.1, 0.15) is 67.2 Å². The fourth-order valence-electron chi connectivity index (χ4n) is 3.65. The SMILES string of the molecule is CN(CCC(C)(C)O)C(=O)CC1CC(C)(C)NC(C)(C)C1.O=CO. The van der Waals surface area contributed by atoms with Gasteiger partial charge in [-0.25, -0.2) is 0 Å². The van der Waals surface area contributed by atoms with E-state index in [2.05, 4.69) is 33.0 Å². The molecule has 0 unspecified atom stereocenters. The second kappa shape index (κ2) is 8.81. The fraction of sp³-hybridized carbons (Fsp3) is 0.889. The van der Waals surface area contributed by atoms with Gasteiger partial charge in [-0.3, -0.25) is 9.59 Å². The third-order valence-electron chi connectivity index (χ3n) is 4.22. The molecule has 1 rings (SSSR count). The van der Waals surface area contributed by atoms with Crippen molar-refractivity contribution in [1.29, 1.82) is 0 Å². The van der Waals surface area contributed by atoms with E-state index >= 15 is 0 Å². The summed E-state index contributed by atoms with van der Waals surface area (Å²) in [7, 11) is 1.84.